The predicted octanol–water partition coefficient (Wildman–Crippen LogP) is 0.575. The summed E-state index contributed by atoms with van der Waals surface area (Å²) < 4.78 is 0. The number of carbonyl (C=O) groups is 2. The van der Waals surface area contributed by atoms with Crippen LogP contribution in [0.1, 0.15) is 30.4 Å². The molecule has 1 unspecified atom stereocenters. The quantitative estimate of drug-likeness (QED) is 0.825. The molecule has 0 saturated carbocycles. The molecule has 142 valence electrons. The molecule has 1 saturated heterocycles. The summed E-state index contributed by atoms with van der Waals surface area (Å²) >= 11 is 0. The smallest absolute Gasteiger partial charge is 0.252 e. The van der Waals surface area contributed by atoms with Crippen molar-refractivity contribution < 1.29 is 14.7 Å². The first-order chi connectivity index (χ1) is 12.4. The zero-order chi connectivity index (χ0) is 18.7. The standard InChI is InChI=1S/C20H29N3O3/c1-22(2)18(24)14-23-11-8-17(9-12-23)21-19(25)20(26)10-7-15-5-3-4-6-16(15)13-20/h3-6,17,26H,7-14H2,1-2H3,(H,21,25). The molecular formula is C20H29N3O3. The lowest BCUT2D eigenvalue weighted by Crippen LogP contribution is -2.55. The van der Waals surface area contributed by atoms with Crippen LogP contribution < -0.4 is 5.32 Å². The van der Waals surface area contributed by atoms with Crippen molar-refractivity contribution in [1.82, 2.24) is 15.1 Å². The fourth-order valence-electron chi connectivity index (χ4n) is 3.80. The van der Waals surface area contributed by atoms with Gasteiger partial charge in [-0.25, -0.2) is 0 Å². The molecule has 1 aliphatic heterocycles. The number of likely N-dealkylation sites (N-methyl/N-ethyl adjacent to an activating group) is 1. The van der Waals surface area contributed by atoms with Crippen LogP contribution in [0.15, 0.2) is 24.3 Å². The molecule has 0 spiro atoms. The highest BCUT2D eigenvalue weighted by atomic mass is 16.3. The van der Waals surface area contributed by atoms with Crippen LogP contribution in [0.3, 0.4) is 0 Å². The Kier molecular flexibility index (Phi) is 5.63. The Morgan fingerprint density at radius 2 is 1.88 bits per heavy atom. The maximum absolute atomic E-state index is 12.7. The summed E-state index contributed by atoms with van der Waals surface area (Å²) in [6, 6.07) is 8.07. The molecule has 2 N–H and O–H groups in total. The highest BCUT2D eigenvalue weighted by molar-refractivity contribution is 5.86. The summed E-state index contributed by atoms with van der Waals surface area (Å²) in [5.41, 5.74) is 0.976. The maximum atomic E-state index is 12.7. The molecule has 0 aromatic heterocycles. The Morgan fingerprint density at radius 3 is 2.54 bits per heavy atom. The molecule has 6 nitrogen and oxygen atoms in total. The van der Waals surface area contributed by atoms with Crippen molar-refractivity contribution in [3.05, 3.63) is 35.4 Å². The van der Waals surface area contributed by atoms with Gasteiger partial charge in [-0.1, -0.05) is 24.3 Å². The number of carbonyl (C=O) groups excluding carboxylic acids is 2. The third kappa shape index (κ3) is 4.24. The molecule has 1 aromatic rings. The predicted molar refractivity (Wildman–Crippen MR) is 99.7 cm³/mol. The Balaban J connectivity index is 1.51. The lowest BCUT2D eigenvalue weighted by molar-refractivity contribution is -0.142. The van der Waals surface area contributed by atoms with Gasteiger partial charge in [0, 0.05) is 39.6 Å². The second kappa shape index (κ2) is 7.76. The van der Waals surface area contributed by atoms with E-state index in [1.54, 1.807) is 19.0 Å². The average Bonchev–Trinajstić information content (AvgIpc) is 2.63. The van der Waals surface area contributed by atoms with E-state index in [1.807, 2.05) is 18.2 Å². The maximum Gasteiger partial charge on any atom is 0.252 e. The number of hydrogen-bond acceptors (Lipinski definition) is 4. The van der Waals surface area contributed by atoms with Gasteiger partial charge in [0.2, 0.25) is 5.91 Å². The van der Waals surface area contributed by atoms with Crippen LogP contribution in [-0.4, -0.2) is 72.1 Å². The number of benzene rings is 1. The van der Waals surface area contributed by atoms with Crippen LogP contribution in [-0.2, 0) is 22.4 Å². The van der Waals surface area contributed by atoms with Crippen molar-refractivity contribution in [2.75, 3.05) is 33.7 Å². The van der Waals surface area contributed by atoms with Crippen molar-refractivity contribution in [1.29, 1.82) is 0 Å². The van der Waals surface area contributed by atoms with E-state index < -0.39 is 5.60 Å². The average molecular weight is 359 g/mol. The fourth-order valence-corrected chi connectivity index (χ4v) is 3.80. The van der Waals surface area contributed by atoms with Gasteiger partial charge in [0.05, 0.1) is 6.54 Å². The molecular weight excluding hydrogens is 330 g/mol. The van der Waals surface area contributed by atoms with Crippen LogP contribution in [0.25, 0.3) is 0 Å². The molecule has 1 fully saturated rings. The highest BCUT2D eigenvalue weighted by Gasteiger charge is 2.40. The van der Waals surface area contributed by atoms with Gasteiger partial charge in [0.15, 0.2) is 0 Å². The topological polar surface area (TPSA) is 72.9 Å². The molecule has 1 aliphatic carbocycles. The van der Waals surface area contributed by atoms with Gasteiger partial charge in [-0.2, -0.15) is 0 Å². The number of nitrogens with zero attached hydrogens (tertiary/aromatic N) is 2. The molecule has 1 heterocycles. The lowest BCUT2D eigenvalue weighted by Gasteiger charge is -2.36. The summed E-state index contributed by atoms with van der Waals surface area (Å²) in [7, 11) is 3.52. The van der Waals surface area contributed by atoms with Crippen molar-refractivity contribution in [3.8, 4) is 0 Å². The van der Waals surface area contributed by atoms with Crippen molar-refractivity contribution in [3.63, 3.8) is 0 Å². The first kappa shape index (κ1) is 18.9. The Hall–Kier alpha value is -1.92. The number of likely N-dealkylation sites (tertiary alicyclic amines) is 1. The minimum Gasteiger partial charge on any atom is -0.380 e. The molecule has 0 bridgehead atoms. The van der Waals surface area contributed by atoms with E-state index in [4.69, 9.17) is 0 Å². The number of amides is 2. The van der Waals surface area contributed by atoms with E-state index >= 15 is 0 Å². The van der Waals surface area contributed by atoms with Crippen LogP contribution in [0.4, 0.5) is 0 Å². The molecule has 1 aromatic carbocycles. The first-order valence-corrected chi connectivity index (χ1v) is 9.40. The van der Waals surface area contributed by atoms with Gasteiger partial charge in [-0.3, -0.25) is 14.5 Å². The summed E-state index contributed by atoms with van der Waals surface area (Å²) in [6.07, 6.45) is 3.18. The highest BCUT2D eigenvalue weighted by Crippen LogP contribution is 2.29. The van der Waals surface area contributed by atoms with Gasteiger partial charge in [-0.15, -0.1) is 0 Å². The molecule has 2 amide bonds. The van der Waals surface area contributed by atoms with Crippen molar-refractivity contribution >= 4 is 11.8 Å². The van der Waals surface area contributed by atoms with E-state index in [9.17, 15) is 14.7 Å². The minimum absolute atomic E-state index is 0.0643. The van der Waals surface area contributed by atoms with Gasteiger partial charge >= 0.3 is 0 Å². The Morgan fingerprint density at radius 1 is 1.23 bits per heavy atom. The van der Waals surface area contributed by atoms with E-state index in [0.29, 0.717) is 19.4 Å². The van der Waals surface area contributed by atoms with Crippen LogP contribution >= 0.6 is 0 Å². The normalized spacial score (nSPS) is 24.0. The van der Waals surface area contributed by atoms with Crippen LogP contribution in [0.5, 0.6) is 0 Å². The van der Waals surface area contributed by atoms with Gasteiger partial charge in [-0.05, 0) is 36.8 Å². The monoisotopic (exact) mass is 359 g/mol. The molecule has 2 aliphatic rings. The molecule has 3 rings (SSSR count). The van der Waals surface area contributed by atoms with Crippen LogP contribution in [0.2, 0.25) is 0 Å². The summed E-state index contributed by atoms with van der Waals surface area (Å²) in [5, 5.41) is 13.9. The van der Waals surface area contributed by atoms with Gasteiger partial charge in [0.1, 0.15) is 5.60 Å². The number of hydrogen-bond donors (Lipinski definition) is 2. The first-order valence-electron chi connectivity index (χ1n) is 9.40. The molecule has 0 radical (unpaired) electrons. The largest absolute Gasteiger partial charge is 0.380 e. The number of aryl methyl sites for hydroxylation is 1. The Labute approximate surface area is 155 Å². The van der Waals surface area contributed by atoms with E-state index in [-0.39, 0.29) is 17.9 Å². The van der Waals surface area contributed by atoms with Gasteiger partial charge in [0.25, 0.3) is 5.91 Å². The van der Waals surface area contributed by atoms with Crippen LogP contribution in [0, 0.1) is 0 Å². The molecule has 1 atom stereocenters. The third-order valence-electron chi connectivity index (χ3n) is 5.61. The summed E-state index contributed by atoms with van der Waals surface area (Å²) in [6.45, 7) is 1.99. The van der Waals surface area contributed by atoms with E-state index in [1.165, 1.54) is 5.56 Å². The number of aliphatic hydroxyl groups is 1. The van der Waals surface area contributed by atoms with Gasteiger partial charge < -0.3 is 15.3 Å². The number of nitrogens with one attached hydrogen (secondary N) is 1. The van der Waals surface area contributed by atoms with E-state index in [2.05, 4.69) is 16.3 Å². The number of piperidine rings is 1. The molecule has 6 heteroatoms. The number of rotatable bonds is 4. The Bertz CT molecular complexity index is 668. The SMILES string of the molecule is CN(C)C(=O)CN1CCC(NC(=O)C2(O)CCc3ccccc3C2)CC1. The second-order valence-electron chi connectivity index (χ2n) is 7.79. The minimum atomic E-state index is -1.31. The zero-order valence-corrected chi connectivity index (χ0v) is 15.7. The zero-order valence-electron chi connectivity index (χ0n) is 15.7. The van der Waals surface area contributed by atoms with E-state index in [0.717, 1.165) is 37.9 Å². The summed E-state index contributed by atoms with van der Waals surface area (Å²) in [4.78, 5) is 28.2. The lowest BCUT2D eigenvalue weighted by atomic mass is 9.79. The summed E-state index contributed by atoms with van der Waals surface area (Å²) in [5.74, 6) is -0.155. The fraction of sp³-hybridized carbons (Fsp3) is 0.600. The van der Waals surface area contributed by atoms with Crippen molar-refractivity contribution in [2.45, 2.75) is 43.7 Å². The number of fused-ring (bicyclic) bond motifs is 1. The molecule has 26 heavy (non-hydrogen) atoms. The third-order valence-corrected chi connectivity index (χ3v) is 5.61. The second-order valence-corrected chi connectivity index (χ2v) is 7.79. The van der Waals surface area contributed by atoms with Crippen molar-refractivity contribution in [2.24, 2.45) is 0 Å².